The lowest BCUT2D eigenvalue weighted by Crippen LogP contribution is -2.20. The second-order valence-corrected chi connectivity index (χ2v) is 5.39. The molecular weight excluding hydrogens is 266 g/mol. The maximum Gasteiger partial charge on any atom is 0.243 e. The molecule has 0 saturated heterocycles. The number of nitrogens with zero attached hydrogens (tertiary/aromatic N) is 2. The van der Waals surface area contributed by atoms with Crippen LogP contribution in [0.5, 0.6) is 5.75 Å². The Morgan fingerprint density at radius 3 is 3.10 bits per heavy atom. The van der Waals surface area contributed by atoms with Crippen LogP contribution in [0.1, 0.15) is 55.9 Å². The third-order valence-electron chi connectivity index (χ3n) is 3.80. The Bertz CT molecular complexity index is 597. The summed E-state index contributed by atoms with van der Waals surface area (Å²) in [5.41, 5.74) is 1.14. The summed E-state index contributed by atoms with van der Waals surface area (Å²) in [6, 6.07) is 8.16. The molecule has 1 N–H and O–H groups in total. The number of aromatic nitrogens is 2. The van der Waals surface area contributed by atoms with Crippen molar-refractivity contribution >= 4 is 0 Å². The van der Waals surface area contributed by atoms with Crippen molar-refractivity contribution in [2.24, 2.45) is 0 Å². The molecule has 0 bridgehead atoms. The maximum atomic E-state index is 5.68. The fraction of sp³-hybridized carbons (Fsp3) is 0.500. The number of rotatable bonds is 5. The molecule has 5 nitrogen and oxygen atoms in total. The van der Waals surface area contributed by atoms with Crippen LogP contribution in [0.3, 0.4) is 0 Å². The molecule has 2 aromatic rings. The first-order valence-corrected chi connectivity index (χ1v) is 7.58. The van der Waals surface area contributed by atoms with Gasteiger partial charge in [0.1, 0.15) is 5.75 Å². The van der Waals surface area contributed by atoms with E-state index in [-0.39, 0.29) is 12.0 Å². The zero-order valence-corrected chi connectivity index (χ0v) is 12.5. The zero-order valence-electron chi connectivity index (χ0n) is 12.5. The van der Waals surface area contributed by atoms with Crippen LogP contribution in [-0.4, -0.2) is 23.3 Å². The van der Waals surface area contributed by atoms with Crippen molar-refractivity contribution in [3.63, 3.8) is 0 Å². The lowest BCUT2D eigenvalue weighted by molar-refractivity contribution is 0.271. The average molecular weight is 287 g/mol. The molecule has 0 saturated carbocycles. The van der Waals surface area contributed by atoms with Crippen LogP contribution in [0.25, 0.3) is 0 Å². The van der Waals surface area contributed by atoms with E-state index in [0.717, 1.165) is 36.5 Å². The van der Waals surface area contributed by atoms with Gasteiger partial charge in [-0.15, -0.1) is 0 Å². The maximum absolute atomic E-state index is 5.68. The van der Waals surface area contributed by atoms with Crippen LogP contribution in [0, 0.1) is 0 Å². The molecular formula is C16H21N3O2. The molecule has 2 heterocycles. The topological polar surface area (TPSA) is 60.2 Å². The van der Waals surface area contributed by atoms with Crippen molar-refractivity contribution < 1.29 is 9.26 Å². The van der Waals surface area contributed by atoms with Gasteiger partial charge < -0.3 is 14.6 Å². The lowest BCUT2D eigenvalue weighted by atomic mass is 9.92. The van der Waals surface area contributed by atoms with E-state index in [1.807, 2.05) is 25.1 Å². The van der Waals surface area contributed by atoms with Gasteiger partial charge in [-0.25, -0.2) is 0 Å². The molecule has 0 aliphatic carbocycles. The number of hydrogen-bond donors (Lipinski definition) is 1. The van der Waals surface area contributed by atoms with Gasteiger partial charge in [0.15, 0.2) is 5.82 Å². The molecule has 112 valence electrons. The zero-order chi connectivity index (χ0) is 14.7. The van der Waals surface area contributed by atoms with Gasteiger partial charge in [-0.05, 0) is 32.4 Å². The van der Waals surface area contributed by atoms with Crippen LogP contribution in [0.2, 0.25) is 0 Å². The average Bonchev–Trinajstić information content (AvgIpc) is 3.02. The predicted molar refractivity (Wildman–Crippen MR) is 79.4 cm³/mol. The van der Waals surface area contributed by atoms with Gasteiger partial charge in [-0.1, -0.05) is 30.3 Å². The molecule has 1 aliphatic rings. The SMILES string of the molecule is CCCNC(C)c1nc(C2CCOc3ccccc32)no1. The van der Waals surface area contributed by atoms with E-state index in [2.05, 4.69) is 28.4 Å². The van der Waals surface area contributed by atoms with Crippen molar-refractivity contribution in [2.45, 2.75) is 38.6 Å². The Balaban J connectivity index is 1.81. The highest BCUT2D eigenvalue weighted by Gasteiger charge is 2.27. The number of hydrogen-bond acceptors (Lipinski definition) is 5. The van der Waals surface area contributed by atoms with Crippen LogP contribution < -0.4 is 10.1 Å². The van der Waals surface area contributed by atoms with Gasteiger partial charge in [-0.2, -0.15) is 4.98 Å². The van der Waals surface area contributed by atoms with Gasteiger partial charge in [0.25, 0.3) is 0 Å². The standard InChI is InChI=1S/C16H21N3O2/c1-3-9-17-11(2)16-18-15(19-21-16)13-8-10-20-14-7-5-4-6-12(13)14/h4-7,11,13,17H,3,8-10H2,1-2H3. The number of benzene rings is 1. The van der Waals surface area contributed by atoms with Gasteiger partial charge in [-0.3, -0.25) is 0 Å². The van der Waals surface area contributed by atoms with Gasteiger partial charge >= 0.3 is 0 Å². The summed E-state index contributed by atoms with van der Waals surface area (Å²) in [6.07, 6.45) is 1.96. The number of para-hydroxylation sites is 1. The van der Waals surface area contributed by atoms with E-state index >= 15 is 0 Å². The van der Waals surface area contributed by atoms with E-state index in [9.17, 15) is 0 Å². The van der Waals surface area contributed by atoms with Crippen molar-refractivity contribution in [1.82, 2.24) is 15.5 Å². The molecule has 1 aromatic heterocycles. The fourth-order valence-electron chi connectivity index (χ4n) is 2.62. The second kappa shape index (κ2) is 6.26. The van der Waals surface area contributed by atoms with E-state index in [1.54, 1.807) is 0 Å². The van der Waals surface area contributed by atoms with E-state index < -0.39 is 0 Å². The molecule has 0 spiro atoms. The van der Waals surface area contributed by atoms with Crippen molar-refractivity contribution in [3.05, 3.63) is 41.5 Å². The summed E-state index contributed by atoms with van der Waals surface area (Å²) in [5, 5.41) is 7.55. The summed E-state index contributed by atoms with van der Waals surface area (Å²) in [7, 11) is 0. The highest BCUT2D eigenvalue weighted by Crippen LogP contribution is 2.36. The summed E-state index contributed by atoms with van der Waals surface area (Å²) in [4.78, 5) is 4.59. The van der Waals surface area contributed by atoms with Crippen LogP contribution in [-0.2, 0) is 0 Å². The van der Waals surface area contributed by atoms with E-state index in [0.29, 0.717) is 12.5 Å². The third kappa shape index (κ3) is 2.93. The minimum absolute atomic E-state index is 0.0845. The highest BCUT2D eigenvalue weighted by atomic mass is 16.5. The quantitative estimate of drug-likeness (QED) is 0.916. The monoisotopic (exact) mass is 287 g/mol. The van der Waals surface area contributed by atoms with Gasteiger partial charge in [0, 0.05) is 5.56 Å². The minimum atomic E-state index is 0.0845. The predicted octanol–water partition coefficient (Wildman–Crippen LogP) is 3.04. The Labute approximate surface area is 124 Å². The van der Waals surface area contributed by atoms with Crippen molar-refractivity contribution in [3.8, 4) is 5.75 Å². The third-order valence-corrected chi connectivity index (χ3v) is 3.80. The summed E-state index contributed by atoms with van der Waals surface area (Å²) in [5.74, 6) is 2.50. The first kappa shape index (κ1) is 14.1. The molecule has 0 amide bonds. The summed E-state index contributed by atoms with van der Waals surface area (Å²) in [6.45, 7) is 5.82. The molecule has 1 aliphatic heterocycles. The Kier molecular flexibility index (Phi) is 4.20. The molecule has 0 fully saturated rings. The van der Waals surface area contributed by atoms with Crippen molar-refractivity contribution in [2.75, 3.05) is 13.2 Å². The lowest BCUT2D eigenvalue weighted by Gasteiger charge is -2.23. The Morgan fingerprint density at radius 1 is 1.38 bits per heavy atom. The van der Waals surface area contributed by atoms with Crippen LogP contribution in [0.15, 0.2) is 28.8 Å². The molecule has 3 rings (SSSR count). The van der Waals surface area contributed by atoms with Crippen LogP contribution in [0.4, 0.5) is 0 Å². The van der Waals surface area contributed by atoms with Crippen LogP contribution >= 0.6 is 0 Å². The summed E-state index contributed by atoms with van der Waals surface area (Å²) < 4.78 is 11.1. The number of fused-ring (bicyclic) bond motifs is 1. The fourth-order valence-corrected chi connectivity index (χ4v) is 2.62. The largest absolute Gasteiger partial charge is 0.493 e. The Hall–Kier alpha value is -1.88. The molecule has 2 unspecified atom stereocenters. The molecule has 2 atom stereocenters. The number of ether oxygens (including phenoxy) is 1. The molecule has 1 aromatic carbocycles. The van der Waals surface area contributed by atoms with Crippen molar-refractivity contribution in [1.29, 1.82) is 0 Å². The highest BCUT2D eigenvalue weighted by molar-refractivity contribution is 5.40. The second-order valence-electron chi connectivity index (χ2n) is 5.39. The van der Waals surface area contributed by atoms with Gasteiger partial charge in [0.05, 0.1) is 18.6 Å². The first-order chi connectivity index (χ1) is 10.3. The van der Waals surface area contributed by atoms with E-state index in [4.69, 9.17) is 9.26 Å². The minimum Gasteiger partial charge on any atom is -0.493 e. The molecule has 5 heteroatoms. The summed E-state index contributed by atoms with van der Waals surface area (Å²) >= 11 is 0. The molecule has 21 heavy (non-hydrogen) atoms. The first-order valence-electron chi connectivity index (χ1n) is 7.58. The molecule has 0 radical (unpaired) electrons. The van der Waals surface area contributed by atoms with E-state index in [1.165, 1.54) is 0 Å². The Morgan fingerprint density at radius 2 is 2.24 bits per heavy atom. The number of nitrogens with one attached hydrogen (secondary N) is 1. The normalized spacial score (nSPS) is 18.9. The smallest absolute Gasteiger partial charge is 0.243 e. The van der Waals surface area contributed by atoms with Gasteiger partial charge in [0.2, 0.25) is 5.89 Å².